The van der Waals surface area contributed by atoms with Crippen LogP contribution in [0.25, 0.3) is 65.9 Å². The predicted molar refractivity (Wildman–Crippen MR) is 168 cm³/mol. The molecule has 0 atom stereocenters. The molecule has 0 bridgehead atoms. The van der Waals surface area contributed by atoms with Crippen LogP contribution >= 0.6 is 0 Å². The van der Waals surface area contributed by atoms with Crippen LogP contribution in [0, 0.1) is 0 Å². The van der Waals surface area contributed by atoms with Gasteiger partial charge in [-0.05, 0) is 0 Å². The van der Waals surface area contributed by atoms with Gasteiger partial charge in [-0.2, -0.15) is 0 Å². The van der Waals surface area contributed by atoms with Crippen molar-refractivity contribution >= 4 is 67.5 Å². The topological polar surface area (TPSA) is 31.6 Å². The van der Waals surface area contributed by atoms with E-state index in [2.05, 4.69) is 143 Å². The van der Waals surface area contributed by atoms with Gasteiger partial charge in [-0.15, -0.1) is 0 Å². The monoisotopic (exact) mass is 564 g/mol. The van der Waals surface area contributed by atoms with Gasteiger partial charge in [-0.3, -0.25) is 0 Å². The van der Waals surface area contributed by atoms with Crippen LogP contribution in [0.5, 0.6) is 0 Å². The summed E-state index contributed by atoms with van der Waals surface area (Å²) in [5.41, 5.74) is 9.77. The second kappa shape index (κ2) is 9.03. The number of aromatic nitrogens is 2. The van der Waals surface area contributed by atoms with Crippen molar-refractivity contribution in [1.29, 1.82) is 0 Å². The molecule has 8 rings (SSSR count). The molecule has 39 heavy (non-hydrogen) atoms. The van der Waals surface area contributed by atoms with E-state index in [1.165, 1.54) is 74.8 Å². The molecule has 8 aromatic rings. The standard InChI is InChI=1S/C36H24N2Se/c1-3-13-33-29(7-1)31-11-5-9-27(35(31)37-33)23-15-19-25(20-16-23)39-26-21-17-24(18-22-26)28-10-6-12-32-30-8-2-4-14-34(30)38-36(28)32/h1-22,37-38H. The van der Waals surface area contributed by atoms with Crippen LogP contribution in [-0.2, 0) is 0 Å². The summed E-state index contributed by atoms with van der Waals surface area (Å²) < 4.78 is 2.75. The number of hydrogen-bond acceptors (Lipinski definition) is 0. The SMILES string of the molecule is c1ccc2c(c1)[nH]c1c(-c3ccc([Se]c4ccc(-c5cccc6c5[nH]c5ccccc56)cc4)cc3)cccc12. The number of H-pyrrole nitrogens is 2. The van der Waals surface area contributed by atoms with Crippen LogP contribution in [-0.4, -0.2) is 24.9 Å². The number of rotatable bonds is 4. The molecule has 0 unspecified atom stereocenters. The Morgan fingerprint density at radius 1 is 0.359 bits per heavy atom. The van der Waals surface area contributed by atoms with Crippen molar-refractivity contribution in [1.82, 2.24) is 9.97 Å². The van der Waals surface area contributed by atoms with Gasteiger partial charge in [0.15, 0.2) is 0 Å². The van der Waals surface area contributed by atoms with Crippen LogP contribution in [0.2, 0.25) is 0 Å². The van der Waals surface area contributed by atoms with Crippen LogP contribution < -0.4 is 8.92 Å². The average molecular weight is 564 g/mol. The Morgan fingerprint density at radius 2 is 0.769 bits per heavy atom. The second-order valence-electron chi connectivity index (χ2n) is 9.95. The van der Waals surface area contributed by atoms with Crippen LogP contribution in [0.15, 0.2) is 133 Å². The molecular weight excluding hydrogens is 539 g/mol. The number of fused-ring (bicyclic) bond motifs is 6. The summed E-state index contributed by atoms with van der Waals surface area (Å²) in [5.74, 6) is 0. The molecule has 0 aliphatic carbocycles. The predicted octanol–water partition coefficient (Wildman–Crippen LogP) is 7.94. The van der Waals surface area contributed by atoms with Crippen molar-refractivity contribution in [3.05, 3.63) is 133 Å². The van der Waals surface area contributed by atoms with Gasteiger partial charge in [0.25, 0.3) is 0 Å². The van der Waals surface area contributed by atoms with E-state index >= 15 is 0 Å². The van der Waals surface area contributed by atoms with Crippen molar-refractivity contribution in [3.8, 4) is 22.3 Å². The zero-order valence-corrected chi connectivity index (χ0v) is 22.8. The molecule has 0 amide bonds. The van der Waals surface area contributed by atoms with Crippen molar-refractivity contribution < 1.29 is 0 Å². The molecule has 2 aromatic heterocycles. The molecule has 0 radical (unpaired) electrons. The number of nitrogens with one attached hydrogen (secondary N) is 2. The fourth-order valence-corrected chi connectivity index (χ4v) is 7.48. The van der Waals surface area contributed by atoms with Crippen LogP contribution in [0.4, 0.5) is 0 Å². The van der Waals surface area contributed by atoms with Gasteiger partial charge < -0.3 is 0 Å². The maximum absolute atomic E-state index is 3.64. The molecule has 6 aromatic carbocycles. The maximum atomic E-state index is 3.64. The number of hydrogen-bond donors (Lipinski definition) is 2. The van der Waals surface area contributed by atoms with E-state index in [0.29, 0.717) is 0 Å². The van der Waals surface area contributed by atoms with Crippen LogP contribution in [0.3, 0.4) is 0 Å². The van der Waals surface area contributed by atoms with Crippen molar-refractivity contribution in [2.24, 2.45) is 0 Å². The molecule has 0 saturated heterocycles. The third kappa shape index (κ3) is 3.79. The fourth-order valence-electron chi connectivity index (χ4n) is 5.77. The average Bonchev–Trinajstić information content (AvgIpc) is 3.57. The number of benzene rings is 6. The summed E-state index contributed by atoms with van der Waals surface area (Å²) in [7, 11) is 0. The molecule has 2 N–H and O–H groups in total. The van der Waals surface area contributed by atoms with Crippen molar-refractivity contribution in [3.63, 3.8) is 0 Å². The Morgan fingerprint density at radius 3 is 1.23 bits per heavy atom. The Kier molecular flexibility index (Phi) is 5.19. The molecule has 2 nitrogen and oxygen atoms in total. The van der Waals surface area contributed by atoms with Gasteiger partial charge in [-0.25, -0.2) is 0 Å². The summed E-state index contributed by atoms with van der Waals surface area (Å²) in [5, 5.41) is 5.11. The Bertz CT molecular complexity index is 1980. The summed E-state index contributed by atoms with van der Waals surface area (Å²) >= 11 is 0.247. The van der Waals surface area contributed by atoms with E-state index in [4.69, 9.17) is 0 Å². The summed E-state index contributed by atoms with van der Waals surface area (Å²) in [6, 6.07) is 48.4. The third-order valence-electron chi connectivity index (χ3n) is 7.65. The number of para-hydroxylation sites is 4. The van der Waals surface area contributed by atoms with Crippen molar-refractivity contribution in [2.75, 3.05) is 0 Å². The first kappa shape index (κ1) is 22.4. The molecular formula is C36H24N2Se. The molecule has 2 heterocycles. The molecule has 0 saturated carbocycles. The Labute approximate surface area is 232 Å². The van der Waals surface area contributed by atoms with Gasteiger partial charge in [0.05, 0.1) is 0 Å². The minimum absolute atomic E-state index is 0.247. The van der Waals surface area contributed by atoms with E-state index in [1.807, 2.05) is 0 Å². The summed E-state index contributed by atoms with van der Waals surface area (Å²) in [6.45, 7) is 0. The first-order valence-electron chi connectivity index (χ1n) is 13.2. The second-order valence-corrected chi connectivity index (χ2v) is 12.4. The molecule has 0 spiro atoms. The van der Waals surface area contributed by atoms with E-state index in [1.54, 1.807) is 0 Å². The molecule has 184 valence electrons. The van der Waals surface area contributed by atoms with Gasteiger partial charge >= 0.3 is 233 Å². The number of aromatic amines is 2. The van der Waals surface area contributed by atoms with E-state index in [9.17, 15) is 0 Å². The van der Waals surface area contributed by atoms with E-state index < -0.39 is 0 Å². The quantitative estimate of drug-likeness (QED) is 0.204. The third-order valence-corrected chi connectivity index (χ3v) is 9.78. The van der Waals surface area contributed by atoms with Gasteiger partial charge in [-0.1, -0.05) is 0 Å². The van der Waals surface area contributed by atoms with Gasteiger partial charge in [0.1, 0.15) is 0 Å². The van der Waals surface area contributed by atoms with E-state index in [-0.39, 0.29) is 15.0 Å². The Hall–Kier alpha value is -4.56. The first-order chi connectivity index (χ1) is 19.3. The zero-order valence-electron chi connectivity index (χ0n) is 21.1. The van der Waals surface area contributed by atoms with Crippen molar-refractivity contribution in [2.45, 2.75) is 0 Å². The van der Waals surface area contributed by atoms with Gasteiger partial charge in [0.2, 0.25) is 0 Å². The molecule has 0 fully saturated rings. The first-order valence-corrected chi connectivity index (χ1v) is 14.9. The normalized spacial score (nSPS) is 11.7. The zero-order chi connectivity index (χ0) is 25.8. The van der Waals surface area contributed by atoms with E-state index in [0.717, 1.165) is 0 Å². The Balaban J connectivity index is 1.07. The molecule has 3 heteroatoms. The molecule has 0 aliphatic rings. The molecule has 0 aliphatic heterocycles. The minimum atomic E-state index is 0.247. The van der Waals surface area contributed by atoms with Crippen LogP contribution in [0.1, 0.15) is 0 Å². The fraction of sp³-hybridized carbons (Fsp3) is 0. The summed E-state index contributed by atoms with van der Waals surface area (Å²) in [4.78, 5) is 7.28. The van der Waals surface area contributed by atoms with Gasteiger partial charge in [0, 0.05) is 0 Å². The summed E-state index contributed by atoms with van der Waals surface area (Å²) in [6.07, 6.45) is 0.